The van der Waals surface area contributed by atoms with Crippen molar-refractivity contribution >= 4 is 23.2 Å². The van der Waals surface area contributed by atoms with E-state index in [1.54, 1.807) is 0 Å². The SMILES string of the molecule is CC1=Nc2ccc(Oc3ccc4c(c3)C(C(F)(F)F)(C(F)(F)F)OC(c3cccc(C)c3)=N4)cc2C(C(F)(F)F)(C(F)(F)F)O1. The molecule has 5 nitrogen and oxygen atoms in total. The molecule has 2 aliphatic rings. The molecule has 0 saturated carbocycles. The summed E-state index contributed by atoms with van der Waals surface area (Å²) in [5.74, 6) is -3.63. The Balaban J connectivity index is 1.66. The van der Waals surface area contributed by atoms with Gasteiger partial charge in [-0.1, -0.05) is 17.7 Å². The number of rotatable bonds is 3. The summed E-state index contributed by atoms with van der Waals surface area (Å²) in [7, 11) is 0. The van der Waals surface area contributed by atoms with Gasteiger partial charge in [-0.2, -0.15) is 52.7 Å². The molecule has 0 amide bonds. The van der Waals surface area contributed by atoms with Gasteiger partial charge in [-0.15, -0.1) is 0 Å². The highest BCUT2D eigenvalue weighted by atomic mass is 19.4. The average Bonchev–Trinajstić information content (AvgIpc) is 2.89. The average molecular weight is 656 g/mol. The van der Waals surface area contributed by atoms with Gasteiger partial charge in [0.05, 0.1) is 11.4 Å². The highest BCUT2D eigenvalue weighted by Crippen LogP contribution is 2.59. The van der Waals surface area contributed by atoms with Crippen LogP contribution in [0.4, 0.5) is 64.1 Å². The third kappa shape index (κ3) is 5.01. The quantitative estimate of drug-likeness (QED) is 0.264. The standard InChI is InChI=1S/C28H16F12N2O3/c1-13-4-3-5-15(10-13)22-42-21-9-7-17(12-19(21)24(45-22,27(35,36)37)28(38,39)40)43-16-6-8-20-18(11-16)23(25(29,30)31,26(32,33)34)44-14(2)41-20/h3-12H,1-2H3. The maximum Gasteiger partial charge on any atom is 0.442 e. The Morgan fingerprint density at radius 2 is 1.04 bits per heavy atom. The second kappa shape index (κ2) is 10.0. The first-order chi connectivity index (χ1) is 20.6. The lowest BCUT2D eigenvalue weighted by Crippen LogP contribution is -2.57. The molecule has 3 aromatic carbocycles. The lowest BCUT2D eigenvalue weighted by molar-refractivity contribution is -0.371. The summed E-state index contributed by atoms with van der Waals surface area (Å²) in [6.07, 6.45) is -24.5. The van der Waals surface area contributed by atoms with Crippen LogP contribution in [0.1, 0.15) is 29.2 Å². The number of aryl methyl sites for hydroxylation is 1. The molecule has 0 fully saturated rings. The number of hydrogen-bond acceptors (Lipinski definition) is 5. The van der Waals surface area contributed by atoms with Crippen molar-refractivity contribution in [2.24, 2.45) is 9.98 Å². The minimum atomic E-state index is -6.15. The van der Waals surface area contributed by atoms with E-state index in [1.807, 2.05) is 0 Å². The van der Waals surface area contributed by atoms with Crippen molar-refractivity contribution in [1.82, 2.24) is 0 Å². The molecule has 0 spiro atoms. The van der Waals surface area contributed by atoms with Crippen molar-refractivity contribution in [3.05, 3.63) is 82.9 Å². The number of aliphatic imine (C=N–C) groups is 2. The Morgan fingerprint density at radius 3 is 1.51 bits per heavy atom. The molecule has 5 rings (SSSR count). The van der Waals surface area contributed by atoms with Gasteiger partial charge in [0.1, 0.15) is 11.5 Å². The fraction of sp³-hybridized carbons (Fsp3) is 0.286. The van der Waals surface area contributed by atoms with Crippen molar-refractivity contribution in [3.63, 3.8) is 0 Å². The van der Waals surface area contributed by atoms with Gasteiger partial charge in [-0.05, 0) is 55.5 Å². The van der Waals surface area contributed by atoms with Crippen LogP contribution >= 0.6 is 0 Å². The van der Waals surface area contributed by atoms with Crippen molar-refractivity contribution in [3.8, 4) is 11.5 Å². The first kappa shape index (κ1) is 32.0. The molecule has 0 bridgehead atoms. The maximum absolute atomic E-state index is 14.4. The van der Waals surface area contributed by atoms with Gasteiger partial charge in [0, 0.05) is 23.6 Å². The predicted molar refractivity (Wildman–Crippen MR) is 133 cm³/mol. The van der Waals surface area contributed by atoms with Gasteiger partial charge in [-0.25, -0.2) is 9.98 Å². The number of benzene rings is 3. The Bertz CT molecular complexity index is 1690. The largest absolute Gasteiger partial charge is 0.457 e. The molecule has 2 aliphatic heterocycles. The maximum atomic E-state index is 14.4. The van der Waals surface area contributed by atoms with Crippen LogP contribution in [0, 0.1) is 6.92 Å². The van der Waals surface area contributed by atoms with Gasteiger partial charge in [0.2, 0.25) is 5.90 Å². The summed E-state index contributed by atoms with van der Waals surface area (Å²) in [5, 5.41) is 0. The van der Waals surface area contributed by atoms with Gasteiger partial charge in [0.25, 0.3) is 0 Å². The molecule has 0 aromatic heterocycles. The number of fused-ring (bicyclic) bond motifs is 2. The highest BCUT2D eigenvalue weighted by Gasteiger charge is 2.77. The molecule has 0 aliphatic carbocycles. The minimum Gasteiger partial charge on any atom is -0.457 e. The monoisotopic (exact) mass is 656 g/mol. The van der Waals surface area contributed by atoms with Crippen LogP contribution in [0.15, 0.2) is 70.6 Å². The van der Waals surface area contributed by atoms with Gasteiger partial charge in [0.15, 0.2) is 5.90 Å². The highest BCUT2D eigenvalue weighted by molar-refractivity contribution is 5.98. The Labute approximate surface area is 244 Å². The van der Waals surface area contributed by atoms with E-state index in [-0.39, 0.29) is 17.7 Å². The molecule has 0 atom stereocenters. The van der Waals surface area contributed by atoms with Crippen molar-refractivity contribution in [2.75, 3.05) is 0 Å². The lowest BCUT2D eigenvalue weighted by atomic mass is 9.88. The Kier molecular flexibility index (Phi) is 7.13. The van der Waals surface area contributed by atoms with Crippen LogP contribution in [0.25, 0.3) is 0 Å². The number of hydrogen-bond donors (Lipinski definition) is 0. The van der Waals surface area contributed by atoms with Crippen LogP contribution in [-0.4, -0.2) is 36.5 Å². The first-order valence-corrected chi connectivity index (χ1v) is 12.4. The van der Waals surface area contributed by atoms with E-state index in [1.165, 1.54) is 31.2 Å². The molecule has 240 valence electrons. The van der Waals surface area contributed by atoms with E-state index in [4.69, 9.17) is 4.74 Å². The Hall–Kier alpha value is -4.44. The lowest BCUT2D eigenvalue weighted by Gasteiger charge is -2.40. The fourth-order valence-corrected chi connectivity index (χ4v) is 4.92. The van der Waals surface area contributed by atoms with E-state index in [2.05, 4.69) is 19.5 Å². The molecular weight excluding hydrogens is 640 g/mol. The van der Waals surface area contributed by atoms with Crippen molar-refractivity contribution in [2.45, 2.75) is 49.8 Å². The van der Waals surface area contributed by atoms with E-state index < -0.39 is 81.7 Å². The number of nitrogens with zero attached hydrogens (tertiary/aromatic N) is 2. The van der Waals surface area contributed by atoms with Gasteiger partial charge >= 0.3 is 35.9 Å². The van der Waals surface area contributed by atoms with Crippen LogP contribution in [-0.2, 0) is 20.7 Å². The third-order valence-corrected chi connectivity index (χ3v) is 6.84. The molecule has 0 unspecified atom stereocenters. The summed E-state index contributed by atoms with van der Waals surface area (Å²) < 4.78 is 185. The topological polar surface area (TPSA) is 52.4 Å². The zero-order valence-electron chi connectivity index (χ0n) is 22.4. The molecule has 0 radical (unpaired) electrons. The third-order valence-electron chi connectivity index (χ3n) is 6.84. The summed E-state index contributed by atoms with van der Waals surface area (Å²) in [6.45, 7) is 2.29. The second-order valence-corrected chi connectivity index (χ2v) is 9.93. The molecule has 17 heteroatoms. The van der Waals surface area contributed by atoms with Crippen LogP contribution in [0.2, 0.25) is 0 Å². The van der Waals surface area contributed by atoms with Crippen LogP contribution in [0.3, 0.4) is 0 Å². The molecule has 3 aromatic rings. The summed E-state index contributed by atoms with van der Waals surface area (Å²) in [6, 6.07) is 8.83. The zero-order chi connectivity index (χ0) is 33.4. The number of halogens is 12. The number of alkyl halides is 12. The molecule has 45 heavy (non-hydrogen) atoms. The van der Waals surface area contributed by atoms with E-state index in [0.29, 0.717) is 17.7 Å². The van der Waals surface area contributed by atoms with Crippen molar-refractivity contribution in [1.29, 1.82) is 0 Å². The van der Waals surface area contributed by atoms with Crippen molar-refractivity contribution < 1.29 is 66.9 Å². The summed E-state index contributed by atoms with van der Waals surface area (Å²) >= 11 is 0. The van der Waals surface area contributed by atoms with Gasteiger partial charge < -0.3 is 14.2 Å². The normalized spacial score (nSPS) is 17.6. The van der Waals surface area contributed by atoms with E-state index >= 15 is 0 Å². The molecule has 2 heterocycles. The first-order valence-electron chi connectivity index (χ1n) is 12.4. The molecular formula is C28H16F12N2O3. The summed E-state index contributed by atoms with van der Waals surface area (Å²) in [4.78, 5) is 7.36. The summed E-state index contributed by atoms with van der Waals surface area (Å²) in [5.41, 5.74) is -14.4. The van der Waals surface area contributed by atoms with Gasteiger partial charge in [-0.3, -0.25) is 0 Å². The predicted octanol–water partition coefficient (Wildman–Crippen LogP) is 9.62. The van der Waals surface area contributed by atoms with Crippen LogP contribution in [0.5, 0.6) is 11.5 Å². The molecule has 0 saturated heterocycles. The van der Waals surface area contributed by atoms with Crippen LogP contribution < -0.4 is 4.74 Å². The fourth-order valence-electron chi connectivity index (χ4n) is 4.92. The molecule has 0 N–H and O–H groups in total. The number of ether oxygens (including phenoxy) is 3. The second-order valence-electron chi connectivity index (χ2n) is 9.93. The zero-order valence-corrected chi connectivity index (χ0v) is 22.4. The van der Waals surface area contributed by atoms with E-state index in [0.717, 1.165) is 19.1 Å². The van der Waals surface area contributed by atoms with E-state index in [9.17, 15) is 52.7 Å². The Morgan fingerprint density at radius 1 is 0.578 bits per heavy atom. The minimum absolute atomic E-state index is 0.203. The smallest absolute Gasteiger partial charge is 0.442 e.